The number of sulfonamides is 1. The second-order valence-corrected chi connectivity index (χ2v) is 9.05. The number of benzene rings is 2. The zero-order chi connectivity index (χ0) is 23.4. The summed E-state index contributed by atoms with van der Waals surface area (Å²) in [5, 5.41) is 4.15. The molecule has 2 aromatic heterocycles. The van der Waals surface area contributed by atoms with Crippen LogP contribution in [0.2, 0.25) is 0 Å². The molecular weight excluding hydrogens is 440 g/mol. The lowest BCUT2D eigenvalue weighted by atomic mass is 10.1. The Morgan fingerprint density at radius 2 is 1.55 bits per heavy atom. The minimum absolute atomic E-state index is 0.180. The molecule has 9 heteroatoms. The maximum atomic E-state index is 12.9. The average Bonchev–Trinajstić information content (AvgIpc) is 2.84. The third kappa shape index (κ3) is 4.89. The van der Waals surface area contributed by atoms with Gasteiger partial charge < -0.3 is 14.8 Å². The Bertz CT molecular complexity index is 1360. The molecule has 2 N–H and O–H groups in total. The van der Waals surface area contributed by atoms with E-state index in [0.717, 1.165) is 22.3 Å². The number of nitrogens with zero attached hydrogens (tertiary/aromatic N) is 2. The van der Waals surface area contributed by atoms with Gasteiger partial charge in [0.15, 0.2) is 0 Å². The van der Waals surface area contributed by atoms with E-state index in [2.05, 4.69) is 20.0 Å². The monoisotopic (exact) mass is 464 g/mol. The van der Waals surface area contributed by atoms with E-state index in [0.29, 0.717) is 17.1 Å². The van der Waals surface area contributed by atoms with Crippen LogP contribution in [0.1, 0.15) is 18.5 Å². The maximum absolute atomic E-state index is 12.9. The molecular formula is C24H24N4O4S. The maximum Gasteiger partial charge on any atom is 0.241 e. The van der Waals surface area contributed by atoms with E-state index in [1.54, 1.807) is 69.9 Å². The molecule has 1 unspecified atom stereocenters. The van der Waals surface area contributed by atoms with Gasteiger partial charge in [-0.3, -0.25) is 4.98 Å². The lowest BCUT2D eigenvalue weighted by molar-refractivity contribution is 0.402. The highest BCUT2D eigenvalue weighted by Crippen LogP contribution is 2.29. The fourth-order valence-corrected chi connectivity index (χ4v) is 4.68. The Balaban J connectivity index is 1.51. The summed E-state index contributed by atoms with van der Waals surface area (Å²) in [6.45, 7) is 1.80. The van der Waals surface area contributed by atoms with E-state index in [1.807, 2.05) is 24.3 Å². The van der Waals surface area contributed by atoms with Crippen LogP contribution in [0.25, 0.3) is 10.9 Å². The first-order valence-corrected chi connectivity index (χ1v) is 11.7. The number of ether oxygens (including phenoxy) is 2. The molecule has 170 valence electrons. The molecule has 8 nitrogen and oxygen atoms in total. The SMILES string of the molecule is COc1ccc(C(C)NS(=O)(=O)c2ccc(Nc3ccnc4c(OC)nccc34)cc2)cc1. The topological polar surface area (TPSA) is 102 Å². The lowest BCUT2D eigenvalue weighted by Gasteiger charge is -2.16. The van der Waals surface area contributed by atoms with Gasteiger partial charge in [0, 0.05) is 35.2 Å². The minimum Gasteiger partial charge on any atom is -0.497 e. The molecule has 4 aromatic rings. The summed E-state index contributed by atoms with van der Waals surface area (Å²) in [5.41, 5.74) is 3.02. The number of nitrogens with one attached hydrogen (secondary N) is 2. The fraction of sp³-hybridized carbons (Fsp3) is 0.167. The van der Waals surface area contributed by atoms with Gasteiger partial charge in [-0.15, -0.1) is 0 Å². The quantitative estimate of drug-likeness (QED) is 0.398. The average molecular weight is 465 g/mol. The highest BCUT2D eigenvalue weighted by Gasteiger charge is 2.18. The second kappa shape index (κ2) is 9.43. The Morgan fingerprint density at radius 1 is 0.848 bits per heavy atom. The summed E-state index contributed by atoms with van der Waals surface area (Å²) in [7, 11) is -0.564. The zero-order valence-electron chi connectivity index (χ0n) is 18.4. The second-order valence-electron chi connectivity index (χ2n) is 7.34. The van der Waals surface area contributed by atoms with Crippen molar-refractivity contribution in [3.05, 3.63) is 78.6 Å². The van der Waals surface area contributed by atoms with Crippen molar-refractivity contribution in [3.63, 3.8) is 0 Å². The highest BCUT2D eigenvalue weighted by atomic mass is 32.2. The van der Waals surface area contributed by atoms with Crippen molar-refractivity contribution < 1.29 is 17.9 Å². The number of pyridine rings is 2. The molecule has 2 aromatic carbocycles. The predicted molar refractivity (Wildman–Crippen MR) is 128 cm³/mol. The number of rotatable bonds is 8. The first kappa shape index (κ1) is 22.5. The largest absolute Gasteiger partial charge is 0.497 e. The summed E-state index contributed by atoms with van der Waals surface area (Å²) in [4.78, 5) is 8.69. The standard InChI is InChI=1S/C24H24N4O4S/c1-16(17-4-8-19(31-2)9-5-17)28-33(29,30)20-10-6-18(7-11-20)27-22-13-15-25-23-21(22)12-14-26-24(23)32-3/h4-16,28H,1-3H3,(H,25,27). The Hall–Kier alpha value is -3.69. The van der Waals surface area contributed by atoms with Crippen LogP contribution in [0.5, 0.6) is 11.6 Å². The predicted octanol–water partition coefficient (Wildman–Crippen LogP) is 4.43. The zero-order valence-corrected chi connectivity index (χ0v) is 19.3. The van der Waals surface area contributed by atoms with Gasteiger partial charge in [0.1, 0.15) is 11.3 Å². The molecule has 1 atom stereocenters. The van der Waals surface area contributed by atoms with Gasteiger partial charge in [-0.25, -0.2) is 18.1 Å². The van der Waals surface area contributed by atoms with Crippen LogP contribution >= 0.6 is 0 Å². The Labute approximate surface area is 192 Å². The molecule has 0 saturated carbocycles. The first-order valence-electron chi connectivity index (χ1n) is 10.2. The van der Waals surface area contributed by atoms with Gasteiger partial charge in [-0.2, -0.15) is 0 Å². The fourth-order valence-electron chi connectivity index (χ4n) is 3.45. The van der Waals surface area contributed by atoms with Gasteiger partial charge in [0.2, 0.25) is 15.9 Å². The molecule has 0 fully saturated rings. The smallest absolute Gasteiger partial charge is 0.241 e. The summed E-state index contributed by atoms with van der Waals surface area (Å²) < 4.78 is 38.9. The van der Waals surface area contributed by atoms with Crippen LogP contribution in [0, 0.1) is 0 Å². The first-order chi connectivity index (χ1) is 15.9. The summed E-state index contributed by atoms with van der Waals surface area (Å²) in [6.07, 6.45) is 3.32. The van der Waals surface area contributed by atoms with Crippen LogP contribution in [-0.2, 0) is 10.0 Å². The molecule has 0 amide bonds. The molecule has 0 aliphatic heterocycles. The number of anilines is 2. The summed E-state index contributed by atoms with van der Waals surface area (Å²) >= 11 is 0. The van der Waals surface area contributed by atoms with Crippen molar-refractivity contribution in [1.29, 1.82) is 0 Å². The van der Waals surface area contributed by atoms with Crippen molar-refractivity contribution in [2.75, 3.05) is 19.5 Å². The number of methoxy groups -OCH3 is 2. The molecule has 0 bridgehead atoms. The van der Waals surface area contributed by atoms with Crippen molar-refractivity contribution in [1.82, 2.24) is 14.7 Å². The summed E-state index contributed by atoms with van der Waals surface area (Å²) in [5.74, 6) is 1.16. The van der Waals surface area contributed by atoms with E-state index in [9.17, 15) is 8.42 Å². The van der Waals surface area contributed by atoms with Gasteiger partial charge in [0.25, 0.3) is 0 Å². The normalized spacial score (nSPS) is 12.3. The molecule has 0 aliphatic rings. The van der Waals surface area contributed by atoms with E-state index in [4.69, 9.17) is 9.47 Å². The highest BCUT2D eigenvalue weighted by molar-refractivity contribution is 7.89. The van der Waals surface area contributed by atoms with E-state index >= 15 is 0 Å². The van der Waals surface area contributed by atoms with Crippen molar-refractivity contribution >= 4 is 32.3 Å². The molecule has 4 rings (SSSR count). The number of hydrogen-bond acceptors (Lipinski definition) is 7. The lowest BCUT2D eigenvalue weighted by Crippen LogP contribution is -2.26. The van der Waals surface area contributed by atoms with Crippen LogP contribution in [-0.4, -0.2) is 32.6 Å². The van der Waals surface area contributed by atoms with Gasteiger partial charge in [-0.05, 0) is 61.0 Å². The number of fused-ring (bicyclic) bond motifs is 1. The molecule has 2 heterocycles. The van der Waals surface area contributed by atoms with Crippen molar-refractivity contribution in [3.8, 4) is 11.6 Å². The molecule has 33 heavy (non-hydrogen) atoms. The Morgan fingerprint density at radius 3 is 2.21 bits per heavy atom. The van der Waals surface area contributed by atoms with Crippen LogP contribution in [0.3, 0.4) is 0 Å². The third-order valence-electron chi connectivity index (χ3n) is 5.21. The van der Waals surface area contributed by atoms with E-state index < -0.39 is 16.1 Å². The van der Waals surface area contributed by atoms with E-state index in [1.165, 1.54) is 0 Å². The third-order valence-corrected chi connectivity index (χ3v) is 6.77. The number of aromatic nitrogens is 2. The van der Waals surface area contributed by atoms with Gasteiger partial charge in [0.05, 0.1) is 19.1 Å². The van der Waals surface area contributed by atoms with Gasteiger partial charge in [-0.1, -0.05) is 12.1 Å². The van der Waals surface area contributed by atoms with E-state index in [-0.39, 0.29) is 4.90 Å². The molecule has 0 saturated heterocycles. The van der Waals surface area contributed by atoms with Gasteiger partial charge >= 0.3 is 0 Å². The molecule has 0 aliphatic carbocycles. The number of hydrogen-bond donors (Lipinski definition) is 2. The molecule has 0 radical (unpaired) electrons. The van der Waals surface area contributed by atoms with Crippen molar-refractivity contribution in [2.45, 2.75) is 17.9 Å². The minimum atomic E-state index is -3.70. The molecule has 0 spiro atoms. The van der Waals surface area contributed by atoms with Crippen molar-refractivity contribution in [2.24, 2.45) is 0 Å². The summed E-state index contributed by atoms with van der Waals surface area (Å²) in [6, 6.07) is 17.1. The van der Waals surface area contributed by atoms with Crippen LogP contribution < -0.4 is 19.5 Å². The Kier molecular flexibility index (Phi) is 6.43. The van der Waals surface area contributed by atoms with Crippen LogP contribution in [0.15, 0.2) is 78.0 Å². The van der Waals surface area contributed by atoms with Crippen LogP contribution in [0.4, 0.5) is 11.4 Å².